The van der Waals surface area contributed by atoms with Gasteiger partial charge in [0.1, 0.15) is 11.7 Å². The van der Waals surface area contributed by atoms with Crippen molar-refractivity contribution in [3.63, 3.8) is 0 Å². The summed E-state index contributed by atoms with van der Waals surface area (Å²) in [4.78, 5) is 42.1. The summed E-state index contributed by atoms with van der Waals surface area (Å²) in [5.41, 5.74) is 2.53. The molecule has 1 atom stereocenters. The number of hydrogen-bond donors (Lipinski definition) is 2. The highest BCUT2D eigenvalue weighted by atomic mass is 32.1. The second-order valence-corrected chi connectivity index (χ2v) is 9.52. The number of halogens is 2. The van der Waals surface area contributed by atoms with Gasteiger partial charge in [-0.1, -0.05) is 42.5 Å². The number of likely N-dealkylation sites (tertiary alicyclic amines) is 1. The van der Waals surface area contributed by atoms with Crippen LogP contribution < -0.4 is 10.6 Å². The van der Waals surface area contributed by atoms with Crippen LogP contribution in [0.3, 0.4) is 0 Å². The first-order valence-corrected chi connectivity index (χ1v) is 12.3. The smallest absolute Gasteiger partial charge is 0.271 e. The van der Waals surface area contributed by atoms with Gasteiger partial charge in [0.15, 0.2) is 0 Å². The fraction of sp³-hybridized carbons (Fsp3) is 0.269. The first-order valence-electron chi connectivity index (χ1n) is 11.4. The second-order valence-electron chi connectivity index (χ2n) is 8.58. The Kier molecular flexibility index (Phi) is 7.89. The SMILES string of the molecule is N#C[C@@H]1CC(F)(F)CN1C(=O)CNC(=O)c1csc(Cc2ccc(C(=O)NCc3ccccc3)cc2)n1. The molecule has 0 aliphatic carbocycles. The predicted molar refractivity (Wildman–Crippen MR) is 132 cm³/mol. The molecule has 0 radical (unpaired) electrons. The zero-order valence-electron chi connectivity index (χ0n) is 19.6. The van der Waals surface area contributed by atoms with Crippen molar-refractivity contribution in [2.45, 2.75) is 31.4 Å². The van der Waals surface area contributed by atoms with Crippen LogP contribution in [-0.2, 0) is 17.8 Å². The second kappa shape index (κ2) is 11.3. The fourth-order valence-electron chi connectivity index (χ4n) is 3.87. The number of carbonyl (C=O) groups is 3. The lowest BCUT2D eigenvalue weighted by Crippen LogP contribution is -2.43. The van der Waals surface area contributed by atoms with Crippen LogP contribution in [0.25, 0.3) is 0 Å². The Labute approximate surface area is 215 Å². The molecule has 0 unspecified atom stereocenters. The van der Waals surface area contributed by atoms with Gasteiger partial charge in [0, 0.05) is 30.3 Å². The maximum absolute atomic E-state index is 13.5. The number of nitrogens with one attached hydrogen (secondary N) is 2. The van der Waals surface area contributed by atoms with Crippen LogP contribution >= 0.6 is 11.3 Å². The molecule has 11 heteroatoms. The largest absolute Gasteiger partial charge is 0.348 e. The third kappa shape index (κ3) is 6.74. The van der Waals surface area contributed by atoms with E-state index in [4.69, 9.17) is 5.26 Å². The third-order valence-electron chi connectivity index (χ3n) is 5.79. The number of thiazole rings is 1. The van der Waals surface area contributed by atoms with Crippen LogP contribution in [0.2, 0.25) is 0 Å². The van der Waals surface area contributed by atoms with Crippen LogP contribution in [-0.4, -0.2) is 52.7 Å². The van der Waals surface area contributed by atoms with Gasteiger partial charge in [0.25, 0.3) is 17.7 Å². The van der Waals surface area contributed by atoms with E-state index >= 15 is 0 Å². The Morgan fingerprint density at radius 3 is 2.49 bits per heavy atom. The van der Waals surface area contributed by atoms with E-state index in [-0.39, 0.29) is 11.6 Å². The van der Waals surface area contributed by atoms with Crippen molar-refractivity contribution < 1.29 is 23.2 Å². The number of rotatable bonds is 8. The molecule has 0 spiro atoms. The van der Waals surface area contributed by atoms with Gasteiger partial charge in [-0.2, -0.15) is 5.26 Å². The summed E-state index contributed by atoms with van der Waals surface area (Å²) in [5.74, 6) is -4.66. The van der Waals surface area contributed by atoms with Crippen LogP contribution in [0.5, 0.6) is 0 Å². The van der Waals surface area contributed by atoms with E-state index in [9.17, 15) is 23.2 Å². The standard InChI is InChI=1S/C26H23F2N5O3S/c27-26(28)11-20(12-29)33(16-26)23(34)14-31-25(36)21-15-37-22(32-21)10-17-6-8-19(9-7-17)24(35)30-13-18-4-2-1-3-5-18/h1-9,15,20H,10-11,13-14,16H2,(H,30,35)(H,31,36)/t20-/m0/s1. The van der Waals surface area contributed by atoms with Gasteiger partial charge in [0.05, 0.1) is 24.2 Å². The summed E-state index contributed by atoms with van der Waals surface area (Å²) in [6.07, 6.45) is -0.270. The average molecular weight is 524 g/mol. The summed E-state index contributed by atoms with van der Waals surface area (Å²) in [6, 6.07) is 17.2. The predicted octanol–water partition coefficient (Wildman–Crippen LogP) is 3.15. The first kappa shape index (κ1) is 25.9. The number of nitriles is 1. The molecule has 1 aliphatic rings. The number of aromatic nitrogens is 1. The van der Waals surface area contributed by atoms with Gasteiger partial charge in [-0.05, 0) is 23.3 Å². The molecule has 2 heterocycles. The quantitative estimate of drug-likeness (QED) is 0.471. The molecule has 1 fully saturated rings. The number of amides is 3. The number of hydrogen-bond acceptors (Lipinski definition) is 6. The summed E-state index contributed by atoms with van der Waals surface area (Å²) in [7, 11) is 0. The van der Waals surface area contributed by atoms with Crippen molar-refractivity contribution in [2.24, 2.45) is 0 Å². The van der Waals surface area contributed by atoms with E-state index in [1.54, 1.807) is 23.6 Å². The van der Waals surface area contributed by atoms with Gasteiger partial charge in [-0.3, -0.25) is 14.4 Å². The maximum Gasteiger partial charge on any atom is 0.271 e. The molecule has 3 aromatic rings. The van der Waals surface area contributed by atoms with Gasteiger partial charge >= 0.3 is 0 Å². The topological polar surface area (TPSA) is 115 Å². The molecule has 2 aromatic carbocycles. The Hall–Kier alpha value is -4.17. The van der Waals surface area contributed by atoms with Gasteiger partial charge in [-0.15, -0.1) is 11.3 Å². The van der Waals surface area contributed by atoms with Crippen LogP contribution in [0.1, 0.15) is 43.4 Å². The fourth-order valence-corrected chi connectivity index (χ4v) is 4.68. The molecule has 37 heavy (non-hydrogen) atoms. The van der Waals surface area contributed by atoms with Crippen molar-refractivity contribution in [3.8, 4) is 6.07 Å². The Bertz CT molecular complexity index is 1320. The Balaban J connectivity index is 1.27. The lowest BCUT2D eigenvalue weighted by Gasteiger charge is -2.19. The molecule has 190 valence electrons. The molecule has 1 aliphatic heterocycles. The number of nitrogens with zero attached hydrogens (tertiary/aromatic N) is 3. The molecule has 0 bridgehead atoms. The molecule has 1 saturated heterocycles. The van der Waals surface area contributed by atoms with Crippen molar-refractivity contribution in [1.29, 1.82) is 5.26 Å². The molecule has 8 nitrogen and oxygen atoms in total. The summed E-state index contributed by atoms with van der Waals surface area (Å²) < 4.78 is 27.1. The molecule has 4 rings (SSSR count). The van der Waals surface area contributed by atoms with E-state index < -0.39 is 43.3 Å². The van der Waals surface area contributed by atoms with Crippen LogP contribution in [0.4, 0.5) is 8.78 Å². The molecule has 0 saturated carbocycles. The first-order chi connectivity index (χ1) is 17.7. The van der Waals surface area contributed by atoms with E-state index in [0.717, 1.165) is 16.0 Å². The Morgan fingerprint density at radius 2 is 1.78 bits per heavy atom. The van der Waals surface area contributed by atoms with Crippen molar-refractivity contribution >= 4 is 29.1 Å². The summed E-state index contributed by atoms with van der Waals surface area (Å²) >= 11 is 1.26. The zero-order chi connectivity index (χ0) is 26.4. The minimum absolute atomic E-state index is 0.105. The van der Waals surface area contributed by atoms with Crippen molar-refractivity contribution in [2.75, 3.05) is 13.1 Å². The summed E-state index contributed by atoms with van der Waals surface area (Å²) in [5, 5.41) is 16.5. The van der Waals surface area contributed by atoms with Gasteiger partial charge in [-0.25, -0.2) is 13.8 Å². The minimum atomic E-state index is -3.12. The van der Waals surface area contributed by atoms with Crippen LogP contribution in [0, 0.1) is 11.3 Å². The summed E-state index contributed by atoms with van der Waals surface area (Å²) in [6.45, 7) is -0.914. The molecular weight excluding hydrogens is 500 g/mol. The molecular formula is C26H23F2N5O3S. The maximum atomic E-state index is 13.5. The lowest BCUT2D eigenvalue weighted by atomic mass is 10.1. The third-order valence-corrected chi connectivity index (χ3v) is 6.64. The Morgan fingerprint density at radius 1 is 1.05 bits per heavy atom. The van der Waals surface area contributed by atoms with E-state index in [2.05, 4.69) is 15.6 Å². The lowest BCUT2D eigenvalue weighted by molar-refractivity contribution is -0.131. The molecule has 1 aromatic heterocycles. The monoisotopic (exact) mass is 523 g/mol. The molecule has 2 N–H and O–H groups in total. The number of carbonyl (C=O) groups excluding carboxylic acids is 3. The minimum Gasteiger partial charge on any atom is -0.348 e. The van der Waals surface area contributed by atoms with Crippen molar-refractivity contribution in [3.05, 3.63) is 87.4 Å². The zero-order valence-corrected chi connectivity index (χ0v) is 20.4. The molecule has 3 amide bonds. The highest BCUT2D eigenvalue weighted by molar-refractivity contribution is 7.09. The highest BCUT2D eigenvalue weighted by Crippen LogP contribution is 2.31. The van der Waals surface area contributed by atoms with E-state index in [1.807, 2.05) is 42.5 Å². The van der Waals surface area contributed by atoms with E-state index in [0.29, 0.717) is 23.5 Å². The van der Waals surface area contributed by atoms with E-state index in [1.165, 1.54) is 11.3 Å². The van der Waals surface area contributed by atoms with Crippen molar-refractivity contribution in [1.82, 2.24) is 20.5 Å². The highest BCUT2D eigenvalue weighted by Gasteiger charge is 2.47. The van der Waals surface area contributed by atoms with Crippen LogP contribution in [0.15, 0.2) is 60.0 Å². The van der Waals surface area contributed by atoms with Gasteiger partial charge in [0.2, 0.25) is 5.91 Å². The number of benzene rings is 2. The normalized spacial score (nSPS) is 16.1. The van der Waals surface area contributed by atoms with Gasteiger partial charge < -0.3 is 15.5 Å². The average Bonchev–Trinajstić information content (AvgIpc) is 3.50. The number of alkyl halides is 2.